The van der Waals surface area contributed by atoms with Gasteiger partial charge in [-0.15, -0.1) is 0 Å². The fourth-order valence-electron chi connectivity index (χ4n) is 1.91. The predicted octanol–water partition coefficient (Wildman–Crippen LogP) is 0.259. The van der Waals surface area contributed by atoms with Crippen molar-refractivity contribution < 1.29 is 14.7 Å². The number of carboxylic acid groups (broad SMARTS) is 1. The first-order valence-electron chi connectivity index (χ1n) is 5.90. The Labute approximate surface area is 104 Å². The minimum atomic E-state index is -1.06. The van der Waals surface area contributed by atoms with E-state index in [-0.39, 0.29) is 0 Å². The molecule has 0 aliphatic heterocycles. The molecule has 1 saturated carbocycles. The predicted molar refractivity (Wildman–Crippen MR) is 63.0 cm³/mol. The molecule has 1 fully saturated rings. The second-order valence-corrected chi connectivity index (χ2v) is 4.41. The van der Waals surface area contributed by atoms with Gasteiger partial charge in [0.15, 0.2) is 0 Å². The van der Waals surface area contributed by atoms with E-state index in [4.69, 9.17) is 5.11 Å². The molecule has 0 radical (unpaired) electrons. The molecule has 1 aromatic heterocycles. The molecule has 2 rings (SSSR count). The summed E-state index contributed by atoms with van der Waals surface area (Å²) in [5.74, 6) is -0.179. The van der Waals surface area contributed by atoms with Gasteiger partial charge in [0, 0.05) is 25.4 Å². The highest BCUT2D eigenvalue weighted by atomic mass is 16.4. The third-order valence-corrected chi connectivity index (χ3v) is 3.17. The molecule has 1 heterocycles. The highest BCUT2D eigenvalue weighted by Gasteiger charge is 2.45. The fraction of sp³-hybridized carbons (Fsp3) is 0.545. The van der Waals surface area contributed by atoms with Crippen LogP contribution in [0.15, 0.2) is 12.4 Å². The zero-order chi connectivity index (χ0) is 13.0. The number of carbonyl (C=O) groups excluding carboxylic acids is 1. The summed E-state index contributed by atoms with van der Waals surface area (Å²) in [7, 11) is 0. The van der Waals surface area contributed by atoms with Gasteiger partial charge < -0.3 is 20.7 Å². The Morgan fingerprint density at radius 2 is 2.28 bits per heavy atom. The van der Waals surface area contributed by atoms with Crippen LogP contribution in [-0.2, 0) is 11.2 Å². The van der Waals surface area contributed by atoms with E-state index < -0.39 is 17.5 Å². The molecular weight excluding hydrogens is 236 g/mol. The molecule has 0 aromatic carbocycles. The van der Waals surface area contributed by atoms with Crippen LogP contribution in [0.4, 0.5) is 4.79 Å². The van der Waals surface area contributed by atoms with Crippen molar-refractivity contribution in [1.82, 2.24) is 20.6 Å². The van der Waals surface area contributed by atoms with E-state index in [1.807, 2.05) is 0 Å². The van der Waals surface area contributed by atoms with Crippen LogP contribution in [0.1, 0.15) is 25.1 Å². The average molecular weight is 252 g/mol. The average Bonchev–Trinajstić information content (AvgIpc) is 2.76. The van der Waals surface area contributed by atoms with E-state index in [2.05, 4.69) is 20.6 Å². The van der Waals surface area contributed by atoms with Gasteiger partial charge in [0.25, 0.3) is 0 Å². The number of imidazole rings is 1. The Bertz CT molecular complexity index is 426. The van der Waals surface area contributed by atoms with Crippen LogP contribution in [0.2, 0.25) is 0 Å². The maximum absolute atomic E-state index is 11.6. The van der Waals surface area contributed by atoms with E-state index in [1.165, 1.54) is 0 Å². The zero-order valence-corrected chi connectivity index (χ0v) is 9.90. The smallest absolute Gasteiger partial charge is 0.329 e. The zero-order valence-electron chi connectivity index (χ0n) is 9.90. The maximum Gasteiger partial charge on any atom is 0.329 e. The molecule has 0 spiro atoms. The quantitative estimate of drug-likeness (QED) is 0.603. The van der Waals surface area contributed by atoms with Crippen molar-refractivity contribution in [2.24, 2.45) is 0 Å². The van der Waals surface area contributed by atoms with Crippen molar-refractivity contribution >= 4 is 12.0 Å². The summed E-state index contributed by atoms with van der Waals surface area (Å²) in [5, 5.41) is 14.2. The van der Waals surface area contributed by atoms with E-state index in [9.17, 15) is 9.59 Å². The number of carboxylic acids is 1. The number of aromatic nitrogens is 2. The molecule has 1 aromatic rings. The van der Waals surface area contributed by atoms with Crippen LogP contribution < -0.4 is 10.6 Å². The minimum absolute atomic E-state index is 0.412. The van der Waals surface area contributed by atoms with Crippen molar-refractivity contribution in [3.63, 3.8) is 0 Å². The molecule has 7 heteroatoms. The van der Waals surface area contributed by atoms with E-state index >= 15 is 0 Å². The van der Waals surface area contributed by atoms with Gasteiger partial charge in [-0.3, -0.25) is 0 Å². The Morgan fingerprint density at radius 3 is 2.78 bits per heavy atom. The molecule has 2 amide bonds. The third-order valence-electron chi connectivity index (χ3n) is 3.17. The molecule has 0 saturated heterocycles. The summed E-state index contributed by atoms with van der Waals surface area (Å²) < 4.78 is 0. The molecular formula is C11H16N4O3. The van der Waals surface area contributed by atoms with Gasteiger partial charge in [-0.1, -0.05) is 0 Å². The van der Waals surface area contributed by atoms with Gasteiger partial charge in [-0.2, -0.15) is 0 Å². The number of H-pyrrole nitrogens is 1. The van der Waals surface area contributed by atoms with Crippen molar-refractivity contribution in [2.75, 3.05) is 6.54 Å². The molecule has 18 heavy (non-hydrogen) atoms. The lowest BCUT2D eigenvalue weighted by atomic mass is 9.77. The Kier molecular flexibility index (Phi) is 3.50. The number of hydrogen-bond acceptors (Lipinski definition) is 3. The topological polar surface area (TPSA) is 107 Å². The Hall–Kier alpha value is -2.05. The molecule has 1 aliphatic carbocycles. The number of urea groups is 1. The molecule has 1 aliphatic rings. The Morgan fingerprint density at radius 1 is 1.50 bits per heavy atom. The highest BCUT2D eigenvalue weighted by molar-refractivity contribution is 5.87. The lowest BCUT2D eigenvalue weighted by molar-refractivity contribution is -0.148. The number of nitrogens with zero attached hydrogens (tertiary/aromatic N) is 1. The fourth-order valence-corrected chi connectivity index (χ4v) is 1.91. The molecule has 7 nitrogen and oxygen atoms in total. The van der Waals surface area contributed by atoms with Crippen LogP contribution in [0.25, 0.3) is 0 Å². The molecule has 0 unspecified atom stereocenters. The first-order chi connectivity index (χ1) is 8.62. The number of carbonyl (C=O) groups is 2. The summed E-state index contributed by atoms with van der Waals surface area (Å²) >= 11 is 0. The summed E-state index contributed by atoms with van der Waals surface area (Å²) in [6, 6.07) is -0.441. The van der Waals surface area contributed by atoms with Crippen LogP contribution in [0.5, 0.6) is 0 Å². The largest absolute Gasteiger partial charge is 0.480 e. The van der Waals surface area contributed by atoms with E-state index in [0.29, 0.717) is 25.8 Å². The van der Waals surface area contributed by atoms with Crippen LogP contribution in [0.3, 0.4) is 0 Å². The summed E-state index contributed by atoms with van der Waals surface area (Å²) in [6.07, 6.45) is 5.76. The van der Waals surface area contributed by atoms with Crippen molar-refractivity contribution in [2.45, 2.75) is 31.2 Å². The van der Waals surface area contributed by atoms with Gasteiger partial charge in [0.05, 0.1) is 0 Å². The van der Waals surface area contributed by atoms with Gasteiger partial charge in [-0.25, -0.2) is 14.6 Å². The maximum atomic E-state index is 11.6. The SMILES string of the molecule is O=C(NCCc1ncc[nH]1)NC1(C(=O)O)CCC1. The van der Waals surface area contributed by atoms with Crippen LogP contribution in [0, 0.1) is 0 Å². The normalized spacial score (nSPS) is 16.7. The molecule has 98 valence electrons. The Balaban J connectivity index is 1.73. The van der Waals surface area contributed by atoms with E-state index in [0.717, 1.165) is 12.2 Å². The summed E-state index contributed by atoms with van der Waals surface area (Å²) in [5.41, 5.74) is -1.06. The van der Waals surface area contributed by atoms with Crippen molar-refractivity contribution in [3.05, 3.63) is 18.2 Å². The number of aliphatic carboxylic acids is 1. The lowest BCUT2D eigenvalue weighted by Gasteiger charge is -2.38. The monoisotopic (exact) mass is 252 g/mol. The number of rotatable bonds is 5. The van der Waals surface area contributed by atoms with Crippen molar-refractivity contribution in [1.29, 1.82) is 0 Å². The number of hydrogen-bond donors (Lipinski definition) is 4. The second-order valence-electron chi connectivity index (χ2n) is 4.41. The molecule has 0 bridgehead atoms. The summed E-state index contributed by atoms with van der Waals surface area (Å²) in [6.45, 7) is 0.412. The number of aromatic amines is 1. The summed E-state index contributed by atoms with van der Waals surface area (Å²) in [4.78, 5) is 29.6. The highest BCUT2D eigenvalue weighted by Crippen LogP contribution is 2.31. The number of amides is 2. The standard InChI is InChI=1S/C11H16N4O3/c16-9(17)11(3-1-4-11)15-10(18)14-5-2-8-12-6-7-13-8/h6-7H,1-5H2,(H,12,13)(H,16,17)(H2,14,15,18). The number of nitrogens with one attached hydrogen (secondary N) is 3. The van der Waals surface area contributed by atoms with Crippen LogP contribution in [-0.4, -0.2) is 39.2 Å². The van der Waals surface area contributed by atoms with Gasteiger partial charge >= 0.3 is 12.0 Å². The van der Waals surface area contributed by atoms with Gasteiger partial charge in [0.2, 0.25) is 0 Å². The first-order valence-corrected chi connectivity index (χ1v) is 5.90. The minimum Gasteiger partial charge on any atom is -0.480 e. The second kappa shape index (κ2) is 5.07. The van der Waals surface area contributed by atoms with Gasteiger partial charge in [-0.05, 0) is 19.3 Å². The molecule has 4 N–H and O–H groups in total. The molecule has 0 atom stereocenters. The van der Waals surface area contributed by atoms with Gasteiger partial charge in [0.1, 0.15) is 11.4 Å². The lowest BCUT2D eigenvalue weighted by Crippen LogP contribution is -2.61. The van der Waals surface area contributed by atoms with E-state index in [1.54, 1.807) is 12.4 Å². The first kappa shape index (κ1) is 12.4. The van der Waals surface area contributed by atoms with Crippen molar-refractivity contribution in [3.8, 4) is 0 Å². The van der Waals surface area contributed by atoms with Crippen LogP contribution >= 0.6 is 0 Å². The third kappa shape index (κ3) is 2.61.